The van der Waals surface area contributed by atoms with Crippen LogP contribution in [0.2, 0.25) is 0 Å². The van der Waals surface area contributed by atoms with Crippen molar-refractivity contribution in [3.63, 3.8) is 0 Å². The molecule has 0 atom stereocenters. The fraction of sp³-hybridized carbons (Fsp3) is 0.417. The molecule has 1 amide bonds. The van der Waals surface area contributed by atoms with Gasteiger partial charge in [-0.1, -0.05) is 19.6 Å². The molecule has 1 heterocycles. The van der Waals surface area contributed by atoms with Gasteiger partial charge >= 0.3 is 0 Å². The van der Waals surface area contributed by atoms with Gasteiger partial charge in [-0.25, -0.2) is 0 Å². The normalized spacial score (nSPS) is 16.9. The van der Waals surface area contributed by atoms with Gasteiger partial charge in [0.25, 0.3) is 0 Å². The number of hydrogen-bond acceptors (Lipinski definition) is 1. The van der Waals surface area contributed by atoms with Gasteiger partial charge in [0.15, 0.2) is 0 Å². The summed E-state index contributed by atoms with van der Waals surface area (Å²) in [5, 5.41) is 2.89. The maximum absolute atomic E-state index is 11.6. The maximum Gasteiger partial charge on any atom is 0.234 e. The van der Waals surface area contributed by atoms with Gasteiger partial charge in [-0.15, -0.1) is 0 Å². The number of aryl methyl sites for hydroxylation is 1. The first-order valence-corrected chi connectivity index (χ1v) is 4.44. The van der Waals surface area contributed by atoms with Crippen molar-refractivity contribution in [3.8, 4) is 0 Å². The molecule has 2 nitrogen and oxygen atoms in total. The van der Waals surface area contributed by atoms with Crippen LogP contribution >= 0.6 is 0 Å². The summed E-state index contributed by atoms with van der Waals surface area (Å²) in [5.41, 5.74) is 2.87. The molecular weight excluding hydrogens is 174 g/mol. The molecule has 1 N–H and O–H groups in total. The summed E-state index contributed by atoms with van der Waals surface area (Å²) >= 11 is 0. The van der Waals surface area contributed by atoms with Crippen molar-refractivity contribution in [1.29, 1.82) is 0 Å². The first-order chi connectivity index (χ1) is 6.01. The minimum Gasteiger partial charge on any atom is -0.325 e. The molecule has 1 aliphatic rings. The topological polar surface area (TPSA) is 29.1 Å². The Bertz CT molecular complexity index is 380. The molecule has 0 saturated carbocycles. The highest BCUT2D eigenvalue weighted by Gasteiger charge is 2.37. The van der Waals surface area contributed by atoms with Gasteiger partial charge in [-0.05, 0) is 38.0 Å². The van der Waals surface area contributed by atoms with Gasteiger partial charge in [-0.2, -0.15) is 0 Å². The minimum atomic E-state index is -0.372. The molecule has 2 rings (SSSR count). The van der Waals surface area contributed by atoms with Crippen LogP contribution in [0.5, 0.6) is 0 Å². The van der Waals surface area contributed by atoms with Crippen LogP contribution in [0.25, 0.3) is 0 Å². The number of rotatable bonds is 0. The summed E-state index contributed by atoms with van der Waals surface area (Å²) in [4.78, 5) is 11.6. The molecule has 1 aromatic carbocycles. The van der Waals surface area contributed by atoms with E-state index in [0.29, 0.717) is 0 Å². The van der Waals surface area contributed by atoms with E-state index in [1.54, 1.807) is 0 Å². The predicted molar refractivity (Wildman–Crippen MR) is 59.6 cm³/mol. The molecule has 2 heteroatoms. The third-order valence-electron chi connectivity index (χ3n) is 2.66. The van der Waals surface area contributed by atoms with E-state index in [1.165, 1.54) is 5.56 Å². The fourth-order valence-corrected chi connectivity index (χ4v) is 1.71. The first kappa shape index (κ1) is 10.8. The molecule has 0 bridgehead atoms. The lowest BCUT2D eigenvalue weighted by Crippen LogP contribution is -2.26. The first-order valence-electron chi connectivity index (χ1n) is 4.44. The molecule has 0 fully saturated rings. The highest BCUT2D eigenvalue weighted by Crippen LogP contribution is 2.37. The van der Waals surface area contributed by atoms with Crippen molar-refractivity contribution in [3.05, 3.63) is 29.3 Å². The second-order valence-electron chi connectivity index (χ2n) is 4.13. The number of anilines is 1. The Kier molecular flexibility index (Phi) is 2.40. The second kappa shape index (κ2) is 3.12. The highest BCUT2D eigenvalue weighted by molar-refractivity contribution is 6.05. The van der Waals surface area contributed by atoms with Crippen molar-refractivity contribution in [1.82, 2.24) is 0 Å². The molecule has 0 spiro atoms. The SMILES string of the molecule is C.Cc1ccc2c(c1)NC(=O)C2(C)C. The van der Waals surface area contributed by atoms with E-state index in [2.05, 4.69) is 5.32 Å². The van der Waals surface area contributed by atoms with Crippen molar-refractivity contribution in [2.75, 3.05) is 5.32 Å². The van der Waals surface area contributed by atoms with Crippen molar-refractivity contribution in [2.24, 2.45) is 0 Å². The number of carbonyl (C=O) groups is 1. The van der Waals surface area contributed by atoms with Crippen LogP contribution in [-0.4, -0.2) is 5.91 Å². The summed E-state index contributed by atoms with van der Waals surface area (Å²) < 4.78 is 0. The largest absolute Gasteiger partial charge is 0.325 e. The Morgan fingerprint density at radius 3 is 2.57 bits per heavy atom. The molecule has 14 heavy (non-hydrogen) atoms. The van der Waals surface area contributed by atoms with Gasteiger partial charge in [0.05, 0.1) is 5.41 Å². The lowest BCUT2D eigenvalue weighted by Gasteiger charge is -2.14. The standard InChI is InChI=1S/C11H13NO.CH4/c1-7-4-5-8-9(6-7)12-10(13)11(8,2)3;/h4-6H,1-3H3,(H,12,13);1H4. The molecular formula is C12H17NO. The number of amides is 1. The van der Waals surface area contributed by atoms with Crippen LogP contribution in [0.1, 0.15) is 32.4 Å². The van der Waals surface area contributed by atoms with Crippen molar-refractivity contribution in [2.45, 2.75) is 33.6 Å². The Morgan fingerprint density at radius 2 is 1.93 bits per heavy atom. The van der Waals surface area contributed by atoms with E-state index in [9.17, 15) is 4.79 Å². The molecule has 0 aromatic heterocycles. The average Bonchev–Trinajstić information content (AvgIpc) is 2.23. The van der Waals surface area contributed by atoms with E-state index >= 15 is 0 Å². The number of benzene rings is 1. The molecule has 0 saturated heterocycles. The fourth-order valence-electron chi connectivity index (χ4n) is 1.71. The Labute approximate surface area is 85.3 Å². The Balaban J connectivity index is 0.000000980. The van der Waals surface area contributed by atoms with Gasteiger partial charge < -0.3 is 5.32 Å². The van der Waals surface area contributed by atoms with E-state index in [4.69, 9.17) is 0 Å². The van der Waals surface area contributed by atoms with Crippen LogP contribution < -0.4 is 5.32 Å². The van der Waals surface area contributed by atoms with Crippen LogP contribution in [0.4, 0.5) is 5.69 Å². The number of fused-ring (bicyclic) bond motifs is 1. The summed E-state index contributed by atoms with van der Waals surface area (Å²) in [6.45, 7) is 5.92. The maximum atomic E-state index is 11.6. The molecule has 0 aliphatic carbocycles. The van der Waals surface area contributed by atoms with Crippen LogP contribution in [0, 0.1) is 6.92 Å². The van der Waals surface area contributed by atoms with Gasteiger partial charge in [-0.3, -0.25) is 4.79 Å². The van der Waals surface area contributed by atoms with Crippen molar-refractivity contribution < 1.29 is 4.79 Å². The van der Waals surface area contributed by atoms with Crippen LogP contribution in [0.15, 0.2) is 18.2 Å². The quantitative estimate of drug-likeness (QED) is 0.671. The number of carbonyl (C=O) groups excluding carboxylic acids is 1. The van der Waals surface area contributed by atoms with Crippen LogP contribution in [0.3, 0.4) is 0 Å². The Morgan fingerprint density at radius 1 is 1.29 bits per heavy atom. The molecule has 0 radical (unpaired) electrons. The number of nitrogens with one attached hydrogen (secondary N) is 1. The monoisotopic (exact) mass is 191 g/mol. The van der Waals surface area contributed by atoms with E-state index < -0.39 is 0 Å². The third-order valence-corrected chi connectivity index (χ3v) is 2.66. The smallest absolute Gasteiger partial charge is 0.234 e. The zero-order valence-electron chi connectivity index (χ0n) is 8.14. The molecule has 76 valence electrons. The highest BCUT2D eigenvalue weighted by atomic mass is 16.2. The zero-order chi connectivity index (χ0) is 9.64. The average molecular weight is 191 g/mol. The summed E-state index contributed by atoms with van der Waals surface area (Å²) in [7, 11) is 0. The number of hydrogen-bond donors (Lipinski definition) is 1. The second-order valence-corrected chi connectivity index (χ2v) is 4.13. The molecule has 0 unspecified atom stereocenters. The van der Waals surface area contributed by atoms with E-state index in [-0.39, 0.29) is 18.7 Å². The third kappa shape index (κ3) is 1.31. The van der Waals surface area contributed by atoms with Gasteiger partial charge in [0, 0.05) is 5.69 Å². The minimum absolute atomic E-state index is 0. The van der Waals surface area contributed by atoms with Gasteiger partial charge in [0.1, 0.15) is 0 Å². The lowest BCUT2D eigenvalue weighted by atomic mass is 9.86. The zero-order valence-corrected chi connectivity index (χ0v) is 8.14. The van der Waals surface area contributed by atoms with E-state index in [1.807, 2.05) is 39.0 Å². The summed E-state index contributed by atoms with van der Waals surface area (Å²) in [6, 6.07) is 6.09. The Hall–Kier alpha value is -1.31. The van der Waals surface area contributed by atoms with Crippen LogP contribution in [-0.2, 0) is 10.2 Å². The lowest BCUT2D eigenvalue weighted by molar-refractivity contribution is -0.119. The van der Waals surface area contributed by atoms with E-state index in [0.717, 1.165) is 11.3 Å². The summed E-state index contributed by atoms with van der Waals surface area (Å²) in [5.74, 6) is 0.0908. The molecule has 1 aliphatic heterocycles. The van der Waals surface area contributed by atoms with Gasteiger partial charge in [0.2, 0.25) is 5.91 Å². The summed E-state index contributed by atoms with van der Waals surface area (Å²) in [6.07, 6.45) is 0. The molecule has 1 aromatic rings. The van der Waals surface area contributed by atoms with Crippen molar-refractivity contribution >= 4 is 11.6 Å². The predicted octanol–water partition coefficient (Wildman–Crippen LogP) is 2.86.